The highest BCUT2D eigenvalue weighted by molar-refractivity contribution is 5.73. The van der Waals surface area contributed by atoms with E-state index in [0.717, 1.165) is 0 Å². The second-order valence-corrected chi connectivity index (χ2v) is 6.43. The topological polar surface area (TPSA) is 81.7 Å². The number of rotatable bonds is 16. The smallest absolute Gasteiger partial charge is 0.334 e. The fraction of sp³-hybridized carbons (Fsp3) is 0.591. The van der Waals surface area contributed by atoms with Crippen LogP contribution in [0.2, 0.25) is 0 Å². The van der Waals surface area contributed by atoms with Gasteiger partial charge in [-0.1, -0.05) is 24.3 Å². The first-order valence-corrected chi connectivity index (χ1v) is 9.78. The van der Waals surface area contributed by atoms with Crippen molar-refractivity contribution in [3.8, 4) is 0 Å². The van der Waals surface area contributed by atoms with Crippen LogP contribution in [0.3, 0.4) is 0 Å². The Balaban J connectivity index is 3.19. The lowest BCUT2D eigenvalue weighted by Gasteiger charge is -2.45. The SMILES string of the molecule is C=CCOC[C@H]1O[C@@H](O[C@@H](C)C(=O)OC)[C@H](OCC=C)[C@@H](OCC=C)[C@@H]1OCC=C. The molecule has 0 N–H and O–H groups in total. The number of hydrogen-bond acceptors (Lipinski definition) is 8. The minimum Gasteiger partial charge on any atom is -0.467 e. The lowest BCUT2D eigenvalue weighted by Crippen LogP contribution is -2.62. The van der Waals surface area contributed by atoms with Gasteiger partial charge in [0.1, 0.15) is 24.4 Å². The number of methoxy groups -OCH3 is 1. The number of carbonyl (C=O) groups is 1. The van der Waals surface area contributed by atoms with Gasteiger partial charge in [0.15, 0.2) is 12.4 Å². The van der Waals surface area contributed by atoms with E-state index in [9.17, 15) is 4.79 Å². The Bertz CT molecular complexity index is 549. The van der Waals surface area contributed by atoms with Gasteiger partial charge < -0.3 is 33.2 Å². The van der Waals surface area contributed by atoms with Crippen LogP contribution in [0, 0.1) is 0 Å². The van der Waals surface area contributed by atoms with Crippen LogP contribution >= 0.6 is 0 Å². The molecule has 30 heavy (non-hydrogen) atoms. The fourth-order valence-electron chi connectivity index (χ4n) is 2.92. The van der Waals surface area contributed by atoms with Gasteiger partial charge in [0, 0.05) is 0 Å². The third kappa shape index (κ3) is 8.14. The van der Waals surface area contributed by atoms with Gasteiger partial charge >= 0.3 is 5.97 Å². The Hall–Kier alpha value is -1.81. The van der Waals surface area contributed by atoms with Crippen molar-refractivity contribution in [3.05, 3.63) is 50.6 Å². The van der Waals surface area contributed by atoms with Gasteiger partial charge in [-0.25, -0.2) is 4.79 Å². The van der Waals surface area contributed by atoms with Crippen molar-refractivity contribution in [2.75, 3.05) is 40.1 Å². The van der Waals surface area contributed by atoms with Crippen LogP contribution in [0.4, 0.5) is 0 Å². The molecule has 0 bridgehead atoms. The summed E-state index contributed by atoms with van der Waals surface area (Å²) >= 11 is 0. The molecular formula is C22H34O8. The molecule has 0 radical (unpaired) electrons. The lowest BCUT2D eigenvalue weighted by molar-refractivity contribution is -0.325. The second-order valence-electron chi connectivity index (χ2n) is 6.43. The summed E-state index contributed by atoms with van der Waals surface area (Å²) in [5.41, 5.74) is 0. The number of hydrogen-bond donors (Lipinski definition) is 0. The molecule has 1 rings (SSSR count). The molecule has 8 heteroatoms. The van der Waals surface area contributed by atoms with Crippen LogP contribution in [0.1, 0.15) is 6.92 Å². The molecule has 1 heterocycles. The van der Waals surface area contributed by atoms with Gasteiger partial charge in [-0.05, 0) is 6.92 Å². The molecule has 1 fully saturated rings. The molecule has 1 aliphatic heterocycles. The van der Waals surface area contributed by atoms with Crippen molar-refractivity contribution < 1.29 is 38.0 Å². The van der Waals surface area contributed by atoms with Gasteiger partial charge in [-0.2, -0.15) is 0 Å². The average Bonchev–Trinajstić information content (AvgIpc) is 2.75. The predicted octanol–water partition coefficient (Wildman–Crippen LogP) is 2.21. The van der Waals surface area contributed by atoms with Crippen LogP contribution in [-0.2, 0) is 38.0 Å². The quantitative estimate of drug-likeness (QED) is 0.211. The van der Waals surface area contributed by atoms with Crippen LogP contribution in [0.15, 0.2) is 50.6 Å². The van der Waals surface area contributed by atoms with E-state index in [-0.39, 0.29) is 26.4 Å². The molecule has 0 saturated carbocycles. The molecule has 0 unspecified atom stereocenters. The first-order valence-electron chi connectivity index (χ1n) is 9.78. The molecule has 0 aromatic rings. The first kappa shape index (κ1) is 26.2. The average molecular weight is 427 g/mol. The second kappa shape index (κ2) is 15.1. The van der Waals surface area contributed by atoms with Gasteiger partial charge in [-0.15, -0.1) is 26.3 Å². The summed E-state index contributed by atoms with van der Waals surface area (Å²) in [6, 6.07) is 0. The third-order valence-corrected chi connectivity index (χ3v) is 4.20. The standard InChI is InChI=1S/C22H34O8/c1-7-11-25-15-17-18(26-12-8-2)19(27-13-9-3)20(28-14-10-4)22(30-17)29-16(5)21(23)24-6/h7-10,16-20,22H,1-4,11-15H2,5-6H3/t16-,17+,18+,19-,20+,22+/m0/s1. The summed E-state index contributed by atoms with van der Waals surface area (Å²) in [6.45, 7) is 17.6. The Morgan fingerprint density at radius 2 is 1.43 bits per heavy atom. The highest BCUT2D eigenvalue weighted by Gasteiger charge is 2.49. The molecule has 0 aromatic heterocycles. The van der Waals surface area contributed by atoms with E-state index >= 15 is 0 Å². The summed E-state index contributed by atoms with van der Waals surface area (Å²) in [6.07, 6.45) is 2.28. The summed E-state index contributed by atoms with van der Waals surface area (Å²) in [4.78, 5) is 11.9. The zero-order valence-electron chi connectivity index (χ0n) is 17.9. The molecule has 0 spiro atoms. The Labute approximate surface area is 179 Å². The third-order valence-electron chi connectivity index (χ3n) is 4.20. The first-order chi connectivity index (χ1) is 14.5. The highest BCUT2D eigenvalue weighted by Crippen LogP contribution is 2.30. The monoisotopic (exact) mass is 426 g/mol. The van der Waals surface area contributed by atoms with Crippen LogP contribution < -0.4 is 0 Å². The predicted molar refractivity (Wildman–Crippen MR) is 112 cm³/mol. The van der Waals surface area contributed by atoms with Gasteiger partial charge in [0.05, 0.1) is 40.1 Å². The number of ether oxygens (including phenoxy) is 7. The molecule has 0 amide bonds. The summed E-state index contributed by atoms with van der Waals surface area (Å²) in [5.74, 6) is -0.533. The van der Waals surface area contributed by atoms with E-state index in [1.807, 2.05) is 0 Å². The molecule has 1 aliphatic rings. The highest BCUT2D eigenvalue weighted by atomic mass is 16.7. The van der Waals surface area contributed by atoms with E-state index in [2.05, 4.69) is 26.3 Å². The Morgan fingerprint density at radius 3 is 1.97 bits per heavy atom. The maximum atomic E-state index is 11.9. The normalized spacial score (nSPS) is 27.1. The van der Waals surface area contributed by atoms with E-state index < -0.39 is 42.8 Å². The Kier molecular flexibility index (Phi) is 13.2. The van der Waals surface area contributed by atoms with Crippen molar-refractivity contribution in [2.24, 2.45) is 0 Å². The minimum atomic E-state index is -0.935. The summed E-state index contributed by atoms with van der Waals surface area (Å²) in [5, 5.41) is 0. The van der Waals surface area contributed by atoms with Gasteiger partial charge in [0.2, 0.25) is 0 Å². The van der Waals surface area contributed by atoms with E-state index in [0.29, 0.717) is 6.61 Å². The number of carbonyl (C=O) groups excluding carboxylic acids is 1. The van der Waals surface area contributed by atoms with Crippen LogP contribution in [-0.4, -0.2) is 82.9 Å². The molecule has 6 atom stereocenters. The molecule has 1 saturated heterocycles. The van der Waals surface area contributed by atoms with Gasteiger partial charge in [-0.3, -0.25) is 0 Å². The maximum absolute atomic E-state index is 11.9. The molecule has 0 aromatic carbocycles. The van der Waals surface area contributed by atoms with Crippen molar-refractivity contribution in [3.63, 3.8) is 0 Å². The van der Waals surface area contributed by atoms with E-state index in [1.165, 1.54) is 7.11 Å². The molecule has 8 nitrogen and oxygen atoms in total. The zero-order valence-corrected chi connectivity index (χ0v) is 17.9. The lowest BCUT2D eigenvalue weighted by atomic mass is 9.98. The fourth-order valence-corrected chi connectivity index (χ4v) is 2.92. The summed E-state index contributed by atoms with van der Waals surface area (Å²) < 4.78 is 40.2. The Morgan fingerprint density at radius 1 is 0.900 bits per heavy atom. The van der Waals surface area contributed by atoms with Crippen molar-refractivity contribution in [1.29, 1.82) is 0 Å². The molecule has 170 valence electrons. The van der Waals surface area contributed by atoms with E-state index in [1.54, 1.807) is 31.2 Å². The largest absolute Gasteiger partial charge is 0.467 e. The van der Waals surface area contributed by atoms with Crippen LogP contribution in [0.5, 0.6) is 0 Å². The van der Waals surface area contributed by atoms with E-state index in [4.69, 9.17) is 33.2 Å². The molecular weight excluding hydrogens is 392 g/mol. The summed E-state index contributed by atoms with van der Waals surface area (Å²) in [7, 11) is 1.29. The van der Waals surface area contributed by atoms with Crippen molar-refractivity contribution >= 4 is 5.97 Å². The number of esters is 1. The van der Waals surface area contributed by atoms with Crippen molar-refractivity contribution in [1.82, 2.24) is 0 Å². The van der Waals surface area contributed by atoms with Crippen LogP contribution in [0.25, 0.3) is 0 Å². The zero-order chi connectivity index (χ0) is 22.4. The van der Waals surface area contributed by atoms with Gasteiger partial charge in [0.25, 0.3) is 0 Å². The minimum absolute atomic E-state index is 0.197. The maximum Gasteiger partial charge on any atom is 0.334 e. The molecule has 0 aliphatic carbocycles. The van der Waals surface area contributed by atoms with Crippen molar-refractivity contribution in [2.45, 2.75) is 43.7 Å².